The molecule has 13 heavy (non-hydrogen) atoms. The molecule has 0 saturated carbocycles. The summed E-state index contributed by atoms with van der Waals surface area (Å²) in [5, 5.41) is 9.37. The van der Waals surface area contributed by atoms with E-state index < -0.39 is 0 Å². The Morgan fingerprint density at radius 1 is 1.62 bits per heavy atom. The fraction of sp³-hybridized carbons (Fsp3) is 0.222. The monoisotopic (exact) mass is 181 g/mol. The molecule has 1 rings (SSSR count). The van der Waals surface area contributed by atoms with E-state index in [4.69, 9.17) is 10.5 Å². The number of carbonyl (C=O) groups is 1. The van der Waals surface area contributed by atoms with Crippen molar-refractivity contribution in [3.63, 3.8) is 0 Å². The predicted molar refractivity (Wildman–Crippen MR) is 48.0 cm³/mol. The fourth-order valence-electron chi connectivity index (χ4n) is 0.984. The Balaban J connectivity index is 3.05. The van der Waals surface area contributed by atoms with Crippen LogP contribution in [0.4, 0.5) is 0 Å². The van der Waals surface area contributed by atoms with Gasteiger partial charge in [-0.25, -0.2) is 0 Å². The molecule has 0 unspecified atom stereocenters. The molecule has 0 fully saturated rings. The zero-order chi connectivity index (χ0) is 9.84. The second-order valence-electron chi connectivity index (χ2n) is 2.51. The molecule has 1 aromatic rings. The highest BCUT2D eigenvalue weighted by Crippen LogP contribution is 2.23. The number of aromatic hydroxyl groups is 1. The van der Waals surface area contributed by atoms with Gasteiger partial charge in [-0.2, -0.15) is 0 Å². The second-order valence-corrected chi connectivity index (χ2v) is 2.51. The van der Waals surface area contributed by atoms with E-state index in [-0.39, 0.29) is 23.6 Å². The van der Waals surface area contributed by atoms with Crippen molar-refractivity contribution in [2.75, 3.05) is 13.7 Å². The standard InChI is InChI=1S/C9H11NO3/c1-13-6-2-3-7(8(11)4-6)9(12)5-10/h2-4,11H,5,10H2,1H3. The van der Waals surface area contributed by atoms with Crippen LogP contribution >= 0.6 is 0 Å². The number of phenols is 1. The van der Waals surface area contributed by atoms with E-state index in [1.54, 1.807) is 6.07 Å². The molecule has 0 aliphatic heterocycles. The van der Waals surface area contributed by atoms with E-state index in [0.29, 0.717) is 5.75 Å². The summed E-state index contributed by atoms with van der Waals surface area (Å²) >= 11 is 0. The summed E-state index contributed by atoms with van der Waals surface area (Å²) in [6.45, 7) is -0.111. The van der Waals surface area contributed by atoms with Gasteiger partial charge in [0, 0.05) is 6.07 Å². The van der Waals surface area contributed by atoms with Crippen LogP contribution in [0.25, 0.3) is 0 Å². The summed E-state index contributed by atoms with van der Waals surface area (Å²) < 4.78 is 4.86. The molecular formula is C9H11NO3. The highest BCUT2D eigenvalue weighted by atomic mass is 16.5. The van der Waals surface area contributed by atoms with Crippen LogP contribution < -0.4 is 10.5 Å². The van der Waals surface area contributed by atoms with Crippen molar-refractivity contribution in [2.24, 2.45) is 5.73 Å². The topological polar surface area (TPSA) is 72.5 Å². The fourth-order valence-corrected chi connectivity index (χ4v) is 0.984. The molecule has 0 aliphatic rings. The van der Waals surface area contributed by atoms with Gasteiger partial charge >= 0.3 is 0 Å². The molecule has 3 N–H and O–H groups in total. The third-order valence-electron chi connectivity index (χ3n) is 1.69. The molecule has 4 nitrogen and oxygen atoms in total. The van der Waals surface area contributed by atoms with Gasteiger partial charge in [0.25, 0.3) is 0 Å². The molecule has 0 spiro atoms. The van der Waals surface area contributed by atoms with Crippen molar-refractivity contribution in [3.8, 4) is 11.5 Å². The Kier molecular flexibility index (Phi) is 2.87. The average Bonchev–Trinajstić information content (AvgIpc) is 2.16. The Hall–Kier alpha value is -1.55. The predicted octanol–water partition coefficient (Wildman–Crippen LogP) is 0.542. The summed E-state index contributed by atoms with van der Waals surface area (Å²) in [4.78, 5) is 11.1. The van der Waals surface area contributed by atoms with Crippen LogP contribution in [0.5, 0.6) is 11.5 Å². The van der Waals surface area contributed by atoms with Crippen LogP contribution in [0, 0.1) is 0 Å². The number of methoxy groups -OCH3 is 1. The number of hydrogen-bond acceptors (Lipinski definition) is 4. The minimum atomic E-state index is -0.292. The van der Waals surface area contributed by atoms with Crippen molar-refractivity contribution in [1.82, 2.24) is 0 Å². The molecule has 4 heteroatoms. The van der Waals surface area contributed by atoms with Gasteiger partial charge in [-0.3, -0.25) is 4.79 Å². The van der Waals surface area contributed by atoms with E-state index in [2.05, 4.69) is 0 Å². The Morgan fingerprint density at radius 3 is 2.77 bits per heavy atom. The number of ether oxygens (including phenoxy) is 1. The van der Waals surface area contributed by atoms with Gasteiger partial charge in [0.2, 0.25) is 0 Å². The van der Waals surface area contributed by atoms with Crippen LogP contribution in [-0.2, 0) is 0 Å². The molecule has 0 radical (unpaired) electrons. The minimum absolute atomic E-state index is 0.102. The number of nitrogens with two attached hydrogens (primary N) is 1. The number of carbonyl (C=O) groups excluding carboxylic acids is 1. The highest BCUT2D eigenvalue weighted by Gasteiger charge is 2.09. The number of rotatable bonds is 3. The second kappa shape index (κ2) is 3.91. The zero-order valence-corrected chi connectivity index (χ0v) is 7.28. The number of Topliss-reactive ketones (excluding diaryl/α,β-unsaturated/α-hetero) is 1. The average molecular weight is 181 g/mol. The maximum Gasteiger partial charge on any atom is 0.180 e. The van der Waals surface area contributed by atoms with E-state index >= 15 is 0 Å². The van der Waals surface area contributed by atoms with Crippen molar-refractivity contribution >= 4 is 5.78 Å². The molecule has 0 bridgehead atoms. The summed E-state index contributed by atoms with van der Waals surface area (Å²) in [5.41, 5.74) is 5.38. The van der Waals surface area contributed by atoms with Gasteiger partial charge in [0.1, 0.15) is 11.5 Å². The van der Waals surface area contributed by atoms with Crippen LogP contribution in [0.3, 0.4) is 0 Å². The van der Waals surface area contributed by atoms with Gasteiger partial charge < -0.3 is 15.6 Å². The lowest BCUT2D eigenvalue weighted by Gasteiger charge is -2.04. The lowest BCUT2D eigenvalue weighted by Crippen LogP contribution is -2.13. The number of hydrogen-bond donors (Lipinski definition) is 2. The van der Waals surface area contributed by atoms with Crippen LogP contribution in [0.1, 0.15) is 10.4 Å². The highest BCUT2D eigenvalue weighted by molar-refractivity contribution is 6.00. The number of ketones is 1. The number of benzene rings is 1. The van der Waals surface area contributed by atoms with E-state index in [0.717, 1.165) is 0 Å². The largest absolute Gasteiger partial charge is 0.507 e. The van der Waals surface area contributed by atoms with Crippen LogP contribution in [0.15, 0.2) is 18.2 Å². The molecule has 0 atom stereocenters. The third kappa shape index (κ3) is 1.97. The maximum absolute atomic E-state index is 11.1. The SMILES string of the molecule is COc1ccc(C(=O)CN)c(O)c1. The summed E-state index contributed by atoms with van der Waals surface area (Å²) in [6, 6.07) is 4.47. The smallest absolute Gasteiger partial charge is 0.180 e. The molecule has 0 heterocycles. The summed E-state index contributed by atoms with van der Waals surface area (Å²) in [7, 11) is 1.49. The summed E-state index contributed by atoms with van der Waals surface area (Å²) in [5.74, 6) is 0.112. The van der Waals surface area contributed by atoms with Gasteiger partial charge in [0.05, 0.1) is 19.2 Å². The molecule has 0 amide bonds. The molecule has 1 aromatic carbocycles. The Morgan fingerprint density at radius 2 is 2.31 bits per heavy atom. The van der Waals surface area contributed by atoms with Crippen molar-refractivity contribution < 1.29 is 14.6 Å². The van der Waals surface area contributed by atoms with E-state index in [1.165, 1.54) is 19.2 Å². The normalized spacial score (nSPS) is 9.69. The quantitative estimate of drug-likeness (QED) is 0.667. The van der Waals surface area contributed by atoms with Gasteiger partial charge in [0.15, 0.2) is 5.78 Å². The van der Waals surface area contributed by atoms with Crippen molar-refractivity contribution in [1.29, 1.82) is 0 Å². The first-order valence-corrected chi connectivity index (χ1v) is 3.79. The molecule has 0 saturated heterocycles. The molecule has 70 valence electrons. The lowest BCUT2D eigenvalue weighted by molar-refractivity contribution is 0.0999. The Labute approximate surface area is 75.9 Å². The van der Waals surface area contributed by atoms with Gasteiger partial charge in [-0.15, -0.1) is 0 Å². The first kappa shape index (κ1) is 9.54. The third-order valence-corrected chi connectivity index (χ3v) is 1.69. The van der Waals surface area contributed by atoms with Crippen LogP contribution in [0.2, 0.25) is 0 Å². The first-order valence-electron chi connectivity index (χ1n) is 3.79. The molecule has 0 aromatic heterocycles. The zero-order valence-electron chi connectivity index (χ0n) is 7.28. The van der Waals surface area contributed by atoms with E-state index in [9.17, 15) is 9.90 Å². The van der Waals surface area contributed by atoms with E-state index in [1.807, 2.05) is 0 Å². The number of phenolic OH excluding ortho intramolecular Hbond substituents is 1. The van der Waals surface area contributed by atoms with Crippen molar-refractivity contribution in [2.45, 2.75) is 0 Å². The minimum Gasteiger partial charge on any atom is -0.507 e. The molecular weight excluding hydrogens is 170 g/mol. The molecule has 0 aliphatic carbocycles. The lowest BCUT2D eigenvalue weighted by atomic mass is 10.1. The Bertz CT molecular complexity index is 323. The summed E-state index contributed by atoms with van der Waals surface area (Å²) in [6.07, 6.45) is 0. The maximum atomic E-state index is 11.1. The van der Waals surface area contributed by atoms with Gasteiger partial charge in [-0.05, 0) is 12.1 Å². The van der Waals surface area contributed by atoms with Crippen LogP contribution in [-0.4, -0.2) is 24.5 Å². The van der Waals surface area contributed by atoms with Gasteiger partial charge in [-0.1, -0.05) is 0 Å². The van der Waals surface area contributed by atoms with Crippen molar-refractivity contribution in [3.05, 3.63) is 23.8 Å². The first-order chi connectivity index (χ1) is 6.19.